The summed E-state index contributed by atoms with van der Waals surface area (Å²) in [5.41, 5.74) is 1.36. The van der Waals surface area contributed by atoms with Gasteiger partial charge in [0.25, 0.3) is 5.91 Å². The van der Waals surface area contributed by atoms with E-state index in [-0.39, 0.29) is 12.4 Å². The van der Waals surface area contributed by atoms with Crippen LogP contribution in [0.5, 0.6) is 0 Å². The van der Waals surface area contributed by atoms with Gasteiger partial charge in [0.05, 0.1) is 17.6 Å². The maximum Gasteiger partial charge on any atom is 0.329 e. The first kappa shape index (κ1) is 19.7. The van der Waals surface area contributed by atoms with Crippen molar-refractivity contribution in [3.05, 3.63) is 59.8 Å². The predicted octanol–water partition coefficient (Wildman–Crippen LogP) is 1.93. The highest BCUT2D eigenvalue weighted by atomic mass is 35.5. The topological polar surface area (TPSA) is 120 Å². The quantitative estimate of drug-likeness (QED) is 0.517. The van der Waals surface area contributed by atoms with Gasteiger partial charge in [-0.3, -0.25) is 9.80 Å². The van der Waals surface area contributed by atoms with Crippen molar-refractivity contribution < 1.29 is 15.0 Å². The molecule has 3 N–H and O–H groups in total. The molecule has 1 aliphatic carbocycles. The molecule has 1 saturated carbocycles. The van der Waals surface area contributed by atoms with E-state index in [1.807, 2.05) is 35.0 Å². The van der Waals surface area contributed by atoms with E-state index in [9.17, 15) is 15.0 Å². The second kappa shape index (κ2) is 6.91. The van der Waals surface area contributed by atoms with Gasteiger partial charge in [0.2, 0.25) is 5.95 Å². The van der Waals surface area contributed by atoms with Crippen LogP contribution in [0.25, 0.3) is 5.69 Å². The molecule has 1 saturated heterocycles. The molecule has 0 spiro atoms. The lowest BCUT2D eigenvalue weighted by Crippen LogP contribution is -2.44. The van der Waals surface area contributed by atoms with Gasteiger partial charge in [-0.2, -0.15) is 4.98 Å². The normalized spacial score (nSPS) is 19.0. The second-order valence-electron chi connectivity index (χ2n) is 7.79. The van der Waals surface area contributed by atoms with Gasteiger partial charge in [-0.15, -0.1) is 0 Å². The SMILES string of the molecule is CN1C(=O)N(c2ccnc(NC3(c4cn(-c5cccc(Cl)c5)cn4)CC3)n2)CC1(O)O. The highest BCUT2D eigenvalue weighted by Crippen LogP contribution is 2.47. The number of amides is 2. The largest absolute Gasteiger partial charge is 0.347 e. The molecule has 2 fully saturated rings. The van der Waals surface area contributed by atoms with Gasteiger partial charge in [-0.25, -0.2) is 14.8 Å². The number of anilines is 2. The van der Waals surface area contributed by atoms with E-state index in [0.29, 0.717) is 11.0 Å². The average molecular weight is 442 g/mol. The highest BCUT2D eigenvalue weighted by Gasteiger charge is 2.48. The van der Waals surface area contributed by atoms with Crippen molar-refractivity contribution in [2.75, 3.05) is 23.8 Å². The van der Waals surface area contributed by atoms with E-state index in [2.05, 4.69) is 20.3 Å². The molecule has 2 aliphatic rings. The van der Waals surface area contributed by atoms with Crippen LogP contribution >= 0.6 is 11.6 Å². The fourth-order valence-corrected chi connectivity index (χ4v) is 3.78. The summed E-state index contributed by atoms with van der Waals surface area (Å²) >= 11 is 6.09. The second-order valence-corrected chi connectivity index (χ2v) is 8.23. The Morgan fingerprint density at radius 2 is 2.00 bits per heavy atom. The van der Waals surface area contributed by atoms with Crippen LogP contribution in [0.1, 0.15) is 18.5 Å². The van der Waals surface area contributed by atoms with Gasteiger partial charge >= 0.3 is 6.03 Å². The summed E-state index contributed by atoms with van der Waals surface area (Å²) in [5.74, 6) is -1.64. The summed E-state index contributed by atoms with van der Waals surface area (Å²) in [7, 11) is 1.32. The Hall–Kier alpha value is -3.21. The molecule has 31 heavy (non-hydrogen) atoms. The Morgan fingerprint density at radius 1 is 1.19 bits per heavy atom. The molecule has 2 amide bonds. The predicted molar refractivity (Wildman–Crippen MR) is 113 cm³/mol. The van der Waals surface area contributed by atoms with Crippen molar-refractivity contribution in [3.8, 4) is 5.69 Å². The molecule has 0 radical (unpaired) electrons. The van der Waals surface area contributed by atoms with E-state index in [4.69, 9.17) is 11.6 Å². The Labute approximate surface area is 182 Å². The van der Waals surface area contributed by atoms with Crippen molar-refractivity contribution >= 4 is 29.4 Å². The van der Waals surface area contributed by atoms with Gasteiger partial charge in [0.15, 0.2) is 0 Å². The average Bonchev–Trinajstić information content (AvgIpc) is 3.27. The summed E-state index contributed by atoms with van der Waals surface area (Å²) in [6.07, 6.45) is 6.92. The van der Waals surface area contributed by atoms with Crippen molar-refractivity contribution in [2.45, 2.75) is 24.3 Å². The molecule has 1 aliphatic heterocycles. The number of carbonyl (C=O) groups excluding carboxylic acids is 1. The Balaban J connectivity index is 1.38. The number of carbonyl (C=O) groups is 1. The molecule has 0 bridgehead atoms. The van der Waals surface area contributed by atoms with Crippen LogP contribution in [-0.4, -0.2) is 60.2 Å². The maximum absolute atomic E-state index is 12.3. The monoisotopic (exact) mass is 441 g/mol. The molecule has 3 aromatic rings. The van der Waals surface area contributed by atoms with Gasteiger partial charge in [-0.1, -0.05) is 17.7 Å². The number of imidazole rings is 1. The summed E-state index contributed by atoms with van der Waals surface area (Å²) in [6, 6.07) is 8.49. The molecule has 3 heterocycles. The van der Waals surface area contributed by atoms with Crippen LogP contribution in [0, 0.1) is 0 Å². The number of halogens is 1. The third-order valence-corrected chi connectivity index (χ3v) is 5.86. The number of hydrogen-bond donors (Lipinski definition) is 3. The first-order valence-electron chi connectivity index (χ1n) is 9.69. The number of likely N-dealkylation sites (N-methyl/N-ethyl adjacent to an activating group) is 1. The molecule has 10 nitrogen and oxygen atoms in total. The van der Waals surface area contributed by atoms with E-state index < -0.39 is 17.5 Å². The number of hydrogen-bond acceptors (Lipinski definition) is 7. The molecular formula is C20H20ClN7O3. The Morgan fingerprint density at radius 3 is 2.68 bits per heavy atom. The van der Waals surface area contributed by atoms with Gasteiger partial charge in [-0.05, 0) is 37.1 Å². The standard InChI is InChI=1S/C20H20ClN7O3/c1-26-18(29)28(11-20(26,30)31)16-5-8-22-17(24-16)25-19(6-7-19)15-10-27(12-23-15)14-4-2-3-13(21)9-14/h2-5,8-10,12,30-31H,6-7,11H2,1H3,(H,22,24,25). The number of benzene rings is 1. The smallest absolute Gasteiger partial charge is 0.329 e. The zero-order chi connectivity index (χ0) is 21.8. The van der Waals surface area contributed by atoms with Crippen molar-refractivity contribution in [3.63, 3.8) is 0 Å². The van der Waals surface area contributed by atoms with Gasteiger partial charge in [0.1, 0.15) is 12.4 Å². The molecule has 2 aromatic heterocycles. The number of nitrogens with one attached hydrogen (secondary N) is 1. The summed E-state index contributed by atoms with van der Waals surface area (Å²) < 4.78 is 1.90. The number of β-amino-alcohol motifs (C(OH)–C–C–N with tert-alkyl or cyclic N) is 2. The minimum atomic E-state index is -2.25. The first-order valence-corrected chi connectivity index (χ1v) is 10.1. The van der Waals surface area contributed by atoms with Gasteiger partial charge in [0, 0.05) is 30.2 Å². The molecular weight excluding hydrogens is 422 g/mol. The number of rotatable bonds is 5. The Bertz CT molecular complexity index is 1160. The zero-order valence-electron chi connectivity index (χ0n) is 16.6. The van der Waals surface area contributed by atoms with Crippen molar-refractivity contribution in [1.82, 2.24) is 24.4 Å². The van der Waals surface area contributed by atoms with Crippen molar-refractivity contribution in [2.24, 2.45) is 0 Å². The molecule has 160 valence electrons. The minimum absolute atomic E-state index is 0.277. The Kier molecular flexibility index (Phi) is 4.40. The lowest BCUT2D eigenvalue weighted by Gasteiger charge is -2.20. The lowest BCUT2D eigenvalue weighted by molar-refractivity contribution is -0.214. The summed E-state index contributed by atoms with van der Waals surface area (Å²) in [6.45, 7) is -0.312. The van der Waals surface area contributed by atoms with E-state index in [1.54, 1.807) is 12.4 Å². The number of aliphatic hydroxyl groups is 2. The van der Waals surface area contributed by atoms with Crippen molar-refractivity contribution in [1.29, 1.82) is 0 Å². The zero-order valence-corrected chi connectivity index (χ0v) is 17.4. The third-order valence-electron chi connectivity index (χ3n) is 5.62. The van der Waals surface area contributed by atoms with Crippen LogP contribution in [0.4, 0.5) is 16.6 Å². The molecule has 1 aromatic carbocycles. The number of urea groups is 1. The third kappa shape index (κ3) is 3.48. The van der Waals surface area contributed by atoms with Crippen LogP contribution in [0.2, 0.25) is 5.02 Å². The maximum atomic E-state index is 12.3. The molecule has 5 rings (SSSR count). The highest BCUT2D eigenvalue weighted by molar-refractivity contribution is 6.30. The van der Waals surface area contributed by atoms with Crippen LogP contribution in [0.15, 0.2) is 49.1 Å². The summed E-state index contributed by atoms with van der Waals surface area (Å²) in [4.78, 5) is 27.6. The van der Waals surface area contributed by atoms with Crippen LogP contribution in [0.3, 0.4) is 0 Å². The number of nitrogens with zero attached hydrogens (tertiary/aromatic N) is 6. The van der Waals surface area contributed by atoms with Crippen LogP contribution < -0.4 is 10.2 Å². The molecule has 11 heteroatoms. The molecule has 0 atom stereocenters. The van der Waals surface area contributed by atoms with E-state index in [1.165, 1.54) is 18.1 Å². The van der Waals surface area contributed by atoms with Gasteiger partial charge < -0.3 is 20.1 Å². The minimum Gasteiger partial charge on any atom is -0.347 e. The molecule has 0 unspecified atom stereocenters. The summed E-state index contributed by atoms with van der Waals surface area (Å²) in [5, 5.41) is 23.8. The fourth-order valence-electron chi connectivity index (χ4n) is 3.59. The van der Waals surface area contributed by atoms with E-state index in [0.717, 1.165) is 29.1 Å². The van der Waals surface area contributed by atoms with Crippen LogP contribution in [-0.2, 0) is 5.54 Å². The van der Waals surface area contributed by atoms with E-state index >= 15 is 0 Å². The first-order chi connectivity index (χ1) is 14.8. The fraction of sp³-hybridized carbons (Fsp3) is 0.300. The number of aromatic nitrogens is 4. The lowest BCUT2D eigenvalue weighted by atomic mass is 10.2.